The smallest absolute Gasteiger partial charge is 0.407 e. The van der Waals surface area contributed by atoms with E-state index >= 15 is 0 Å². The van der Waals surface area contributed by atoms with Gasteiger partial charge in [0.15, 0.2) is 0 Å². The molecule has 10 nitrogen and oxygen atoms in total. The summed E-state index contributed by atoms with van der Waals surface area (Å²) >= 11 is 0. The lowest BCUT2D eigenvalue weighted by Gasteiger charge is -2.31. The molecule has 1 atom stereocenters. The van der Waals surface area contributed by atoms with Gasteiger partial charge in [0, 0.05) is 43.6 Å². The van der Waals surface area contributed by atoms with Gasteiger partial charge in [0.25, 0.3) is 5.91 Å². The lowest BCUT2D eigenvalue weighted by molar-refractivity contribution is 0.102. The molecule has 38 heavy (non-hydrogen) atoms. The number of nitrogens with one attached hydrogen (secondary N) is 1. The molecule has 0 radical (unpaired) electrons. The van der Waals surface area contributed by atoms with Crippen molar-refractivity contribution in [3.8, 4) is 5.75 Å². The zero-order chi connectivity index (χ0) is 26.6. The number of pyridine rings is 1. The van der Waals surface area contributed by atoms with Crippen molar-refractivity contribution >= 4 is 29.0 Å². The Labute approximate surface area is 222 Å². The average molecular weight is 521 g/mol. The number of imidazole rings is 1. The minimum Gasteiger partial charge on any atom is -0.488 e. The number of carbonyl (C=O) groups is 2. The van der Waals surface area contributed by atoms with Crippen LogP contribution in [0.2, 0.25) is 0 Å². The zero-order valence-corrected chi connectivity index (χ0v) is 22.1. The minimum absolute atomic E-state index is 0.0919. The van der Waals surface area contributed by atoms with Crippen LogP contribution in [0, 0.1) is 6.92 Å². The molecule has 2 amide bonds. The first-order valence-corrected chi connectivity index (χ1v) is 13.5. The first kappa shape index (κ1) is 26.0. The van der Waals surface area contributed by atoms with Crippen molar-refractivity contribution in [1.29, 1.82) is 0 Å². The predicted molar refractivity (Wildman–Crippen MR) is 145 cm³/mol. The number of para-hydroxylation sites is 1. The topological polar surface area (TPSA) is 113 Å². The molecule has 202 valence electrons. The van der Waals surface area contributed by atoms with E-state index in [9.17, 15) is 14.7 Å². The fourth-order valence-corrected chi connectivity index (χ4v) is 5.54. The number of benzene rings is 1. The molecule has 4 heterocycles. The predicted octanol–water partition coefficient (Wildman–Crippen LogP) is 4.56. The number of rotatable bonds is 6. The van der Waals surface area contributed by atoms with Gasteiger partial charge in [-0.3, -0.25) is 15.1 Å². The highest BCUT2D eigenvalue weighted by atomic mass is 16.5. The number of nitrogens with zero attached hydrogens (tertiary/aromatic N) is 5. The maximum absolute atomic E-state index is 13.2. The second kappa shape index (κ2) is 11.4. The van der Waals surface area contributed by atoms with Crippen LogP contribution in [0.25, 0.3) is 11.0 Å². The molecule has 0 aliphatic carbocycles. The first-order chi connectivity index (χ1) is 18.4. The highest BCUT2D eigenvalue weighted by molar-refractivity contribution is 6.04. The first-order valence-electron chi connectivity index (χ1n) is 13.5. The van der Waals surface area contributed by atoms with Gasteiger partial charge < -0.3 is 24.2 Å². The summed E-state index contributed by atoms with van der Waals surface area (Å²) in [5.41, 5.74) is 2.74. The molecule has 2 aliphatic heterocycles. The molecule has 2 aliphatic rings. The van der Waals surface area contributed by atoms with E-state index in [0.717, 1.165) is 68.7 Å². The van der Waals surface area contributed by atoms with Crippen LogP contribution in [0.3, 0.4) is 0 Å². The van der Waals surface area contributed by atoms with Gasteiger partial charge in [-0.15, -0.1) is 0 Å². The molecule has 1 unspecified atom stereocenters. The zero-order valence-electron chi connectivity index (χ0n) is 22.1. The van der Waals surface area contributed by atoms with Gasteiger partial charge in [0.2, 0.25) is 5.95 Å². The Morgan fingerprint density at radius 2 is 1.95 bits per heavy atom. The van der Waals surface area contributed by atoms with E-state index in [4.69, 9.17) is 9.72 Å². The van der Waals surface area contributed by atoms with Crippen molar-refractivity contribution in [1.82, 2.24) is 24.3 Å². The molecule has 2 fully saturated rings. The number of ether oxygens (including phenoxy) is 1. The van der Waals surface area contributed by atoms with E-state index < -0.39 is 6.09 Å². The minimum atomic E-state index is -0.932. The van der Waals surface area contributed by atoms with E-state index in [1.54, 1.807) is 18.3 Å². The fourth-order valence-electron chi connectivity index (χ4n) is 5.54. The van der Waals surface area contributed by atoms with Crippen molar-refractivity contribution in [2.24, 2.45) is 0 Å². The molecule has 1 aromatic carbocycles. The molecule has 0 bridgehead atoms. The highest BCUT2D eigenvalue weighted by Gasteiger charge is 2.29. The summed E-state index contributed by atoms with van der Waals surface area (Å²) in [7, 11) is 0. The molecule has 2 saturated heterocycles. The molecule has 10 heteroatoms. The van der Waals surface area contributed by atoms with Gasteiger partial charge in [0.1, 0.15) is 17.4 Å². The van der Waals surface area contributed by atoms with Crippen molar-refractivity contribution in [2.75, 3.05) is 38.0 Å². The molecule has 0 spiro atoms. The molecular formula is C28H36N6O4. The number of fused-ring (bicyclic) bond motifs is 1. The Morgan fingerprint density at radius 3 is 2.68 bits per heavy atom. The molecular weight excluding hydrogens is 484 g/mol. The van der Waals surface area contributed by atoms with Crippen molar-refractivity contribution < 1.29 is 19.4 Å². The van der Waals surface area contributed by atoms with Crippen molar-refractivity contribution in [3.05, 3.63) is 47.8 Å². The van der Waals surface area contributed by atoms with E-state index in [2.05, 4.69) is 22.1 Å². The second-order valence-electron chi connectivity index (χ2n) is 10.2. The Balaban J connectivity index is 1.54. The summed E-state index contributed by atoms with van der Waals surface area (Å²) in [5.74, 6) is 0.829. The maximum Gasteiger partial charge on any atom is 0.407 e. The van der Waals surface area contributed by atoms with Crippen molar-refractivity contribution in [3.63, 3.8) is 0 Å². The Kier molecular flexibility index (Phi) is 7.78. The molecule has 5 rings (SSSR count). The van der Waals surface area contributed by atoms with Crippen LogP contribution in [0.4, 0.5) is 10.7 Å². The standard InChI is InChI=1S/C28H36N6O4/c1-3-32-15-11-22(12-16-32)38-24-9-6-8-23-25(24)34(21-7-4-5-14-33(18-21)28(36)37)27(30-23)31-26(35)20-10-13-29-19(2)17-20/h6,8-10,13,17,21-22H,3-5,7,11-12,14-16,18H2,1-2H3,(H,36,37)(H,30,31,35). The van der Waals surface area contributed by atoms with Gasteiger partial charge in [0.05, 0.1) is 11.6 Å². The third kappa shape index (κ3) is 5.60. The Bertz CT molecular complexity index is 1300. The van der Waals surface area contributed by atoms with Crippen molar-refractivity contribution in [2.45, 2.75) is 58.1 Å². The number of amides is 2. The average Bonchev–Trinajstić information content (AvgIpc) is 3.10. The summed E-state index contributed by atoms with van der Waals surface area (Å²) in [4.78, 5) is 38.1. The SMILES string of the molecule is CCN1CCC(Oc2cccc3nc(NC(=O)c4ccnc(C)c4)n(C4CCCCN(C(=O)O)C4)c23)CC1. The number of aryl methyl sites for hydroxylation is 1. The van der Waals surface area contributed by atoms with Crippen LogP contribution in [0.15, 0.2) is 36.5 Å². The summed E-state index contributed by atoms with van der Waals surface area (Å²) in [6, 6.07) is 9.00. The summed E-state index contributed by atoms with van der Waals surface area (Å²) in [5, 5.41) is 12.8. The van der Waals surface area contributed by atoms with Crippen LogP contribution in [0.5, 0.6) is 5.75 Å². The monoisotopic (exact) mass is 520 g/mol. The summed E-state index contributed by atoms with van der Waals surface area (Å²) < 4.78 is 8.58. The summed E-state index contributed by atoms with van der Waals surface area (Å²) in [6.45, 7) is 7.87. The van der Waals surface area contributed by atoms with E-state index in [1.807, 2.05) is 29.7 Å². The molecule has 2 aromatic heterocycles. The second-order valence-corrected chi connectivity index (χ2v) is 10.2. The number of aromatic nitrogens is 3. The number of anilines is 1. The maximum atomic E-state index is 13.2. The quantitative estimate of drug-likeness (QED) is 0.490. The van der Waals surface area contributed by atoms with Crippen LogP contribution >= 0.6 is 0 Å². The van der Waals surface area contributed by atoms with Gasteiger partial charge in [-0.2, -0.15) is 0 Å². The van der Waals surface area contributed by atoms with Crippen LogP contribution in [-0.2, 0) is 0 Å². The molecule has 2 N–H and O–H groups in total. The van der Waals surface area contributed by atoms with Gasteiger partial charge in [-0.25, -0.2) is 9.78 Å². The lowest BCUT2D eigenvalue weighted by atomic mass is 10.1. The number of carboxylic acid groups (broad SMARTS) is 1. The lowest BCUT2D eigenvalue weighted by Crippen LogP contribution is -2.38. The number of carbonyl (C=O) groups excluding carboxylic acids is 1. The number of hydrogen-bond donors (Lipinski definition) is 2. The third-order valence-electron chi connectivity index (χ3n) is 7.61. The Morgan fingerprint density at radius 1 is 1.13 bits per heavy atom. The van der Waals surface area contributed by atoms with Crippen LogP contribution < -0.4 is 10.1 Å². The number of piperidine rings is 1. The number of likely N-dealkylation sites (tertiary alicyclic amines) is 2. The third-order valence-corrected chi connectivity index (χ3v) is 7.61. The van der Waals surface area contributed by atoms with Crippen LogP contribution in [-0.4, -0.2) is 80.3 Å². The summed E-state index contributed by atoms with van der Waals surface area (Å²) in [6.07, 6.45) is 5.11. The fraction of sp³-hybridized carbons (Fsp3) is 0.500. The number of hydrogen-bond acceptors (Lipinski definition) is 6. The van der Waals surface area contributed by atoms with Crippen LogP contribution in [0.1, 0.15) is 61.1 Å². The van der Waals surface area contributed by atoms with E-state index in [-0.39, 0.29) is 18.1 Å². The highest BCUT2D eigenvalue weighted by Crippen LogP contribution is 2.36. The molecule has 3 aromatic rings. The van der Waals surface area contributed by atoms with Gasteiger partial charge in [-0.1, -0.05) is 13.0 Å². The van der Waals surface area contributed by atoms with Gasteiger partial charge >= 0.3 is 6.09 Å². The molecule has 0 saturated carbocycles. The Hall–Kier alpha value is -3.66. The van der Waals surface area contributed by atoms with E-state index in [0.29, 0.717) is 30.1 Å². The normalized spacial score (nSPS) is 19.3. The van der Waals surface area contributed by atoms with E-state index in [1.165, 1.54) is 4.90 Å². The largest absolute Gasteiger partial charge is 0.488 e. The van der Waals surface area contributed by atoms with Gasteiger partial charge in [-0.05, 0) is 69.8 Å².